The van der Waals surface area contributed by atoms with Crippen LogP contribution in [0.1, 0.15) is 5.69 Å². The molecule has 0 spiro atoms. The Balaban J connectivity index is 3.09. The van der Waals surface area contributed by atoms with Crippen molar-refractivity contribution in [2.45, 2.75) is 6.54 Å². The normalized spacial score (nSPS) is 9.90. The third kappa shape index (κ3) is 1.68. The lowest BCUT2D eigenvalue weighted by Gasteiger charge is -1.98. The molecule has 0 atom stereocenters. The van der Waals surface area contributed by atoms with E-state index in [1.807, 2.05) is 0 Å². The minimum Gasteiger partial charge on any atom is -0.325 e. The van der Waals surface area contributed by atoms with Crippen molar-refractivity contribution in [3.05, 3.63) is 27.5 Å². The predicted molar refractivity (Wildman–Crippen MR) is 44.8 cm³/mol. The summed E-state index contributed by atoms with van der Waals surface area (Å²) < 4.78 is 0.761. The molecule has 0 aliphatic rings. The van der Waals surface area contributed by atoms with E-state index in [4.69, 9.17) is 17.3 Å². The van der Waals surface area contributed by atoms with Gasteiger partial charge >= 0.3 is 0 Å². The first kappa shape index (κ1) is 7.98. The maximum atomic E-state index is 5.73. The van der Waals surface area contributed by atoms with Gasteiger partial charge in [0.2, 0.25) is 0 Å². The molecule has 0 aliphatic heterocycles. The van der Waals surface area contributed by atoms with E-state index in [9.17, 15) is 0 Å². The van der Waals surface area contributed by atoms with E-state index in [-0.39, 0.29) is 0 Å². The quantitative estimate of drug-likeness (QED) is 0.736. The van der Waals surface area contributed by atoms with Gasteiger partial charge in [-0.15, -0.1) is 0 Å². The second kappa shape index (κ2) is 3.32. The molecule has 0 amide bonds. The Morgan fingerprint density at radius 2 is 2.30 bits per heavy atom. The molecule has 0 saturated carbocycles. The first-order valence-electron chi connectivity index (χ1n) is 2.75. The fourth-order valence-electron chi connectivity index (χ4n) is 0.601. The fourth-order valence-corrected chi connectivity index (χ4v) is 1.13. The average Bonchev–Trinajstić information content (AvgIpc) is 1.94. The average molecular weight is 221 g/mol. The summed E-state index contributed by atoms with van der Waals surface area (Å²) in [5, 5.41) is 0.616. The van der Waals surface area contributed by atoms with Gasteiger partial charge in [0, 0.05) is 6.54 Å². The van der Waals surface area contributed by atoms with Crippen molar-refractivity contribution in [1.82, 2.24) is 4.98 Å². The van der Waals surface area contributed by atoms with Gasteiger partial charge in [0.05, 0.1) is 10.7 Å². The van der Waals surface area contributed by atoms with Gasteiger partial charge in [0.25, 0.3) is 0 Å². The summed E-state index contributed by atoms with van der Waals surface area (Å²) in [6, 6.07) is 3.54. The molecule has 2 nitrogen and oxygen atoms in total. The molecule has 10 heavy (non-hydrogen) atoms. The SMILES string of the molecule is NCc1nc(Br)ccc1Cl. The van der Waals surface area contributed by atoms with E-state index < -0.39 is 0 Å². The number of hydrogen-bond donors (Lipinski definition) is 1. The molecule has 1 heterocycles. The van der Waals surface area contributed by atoms with E-state index in [0.717, 1.165) is 10.3 Å². The highest BCUT2D eigenvalue weighted by molar-refractivity contribution is 9.10. The number of aromatic nitrogens is 1. The van der Waals surface area contributed by atoms with Crippen LogP contribution in [0.3, 0.4) is 0 Å². The van der Waals surface area contributed by atoms with Gasteiger partial charge in [-0.1, -0.05) is 11.6 Å². The van der Waals surface area contributed by atoms with Crippen LogP contribution in [0.25, 0.3) is 0 Å². The van der Waals surface area contributed by atoms with Crippen LogP contribution < -0.4 is 5.73 Å². The van der Waals surface area contributed by atoms with Crippen LogP contribution in [0.2, 0.25) is 5.02 Å². The van der Waals surface area contributed by atoms with Gasteiger partial charge in [0.15, 0.2) is 0 Å². The molecular weight excluding hydrogens is 215 g/mol. The van der Waals surface area contributed by atoms with Crippen molar-refractivity contribution in [1.29, 1.82) is 0 Å². The summed E-state index contributed by atoms with van der Waals surface area (Å²) in [4.78, 5) is 4.05. The van der Waals surface area contributed by atoms with Gasteiger partial charge in [0.1, 0.15) is 4.60 Å². The fraction of sp³-hybridized carbons (Fsp3) is 0.167. The number of hydrogen-bond acceptors (Lipinski definition) is 2. The second-order valence-corrected chi connectivity index (χ2v) is 2.99. The third-order valence-electron chi connectivity index (χ3n) is 1.08. The van der Waals surface area contributed by atoms with Crippen LogP contribution in [-0.2, 0) is 6.54 Å². The van der Waals surface area contributed by atoms with Gasteiger partial charge < -0.3 is 5.73 Å². The largest absolute Gasteiger partial charge is 0.325 e. The molecule has 1 aromatic rings. The van der Waals surface area contributed by atoms with Crippen LogP contribution in [0.15, 0.2) is 16.7 Å². The summed E-state index contributed by atoms with van der Waals surface area (Å²) in [7, 11) is 0. The van der Waals surface area contributed by atoms with Gasteiger partial charge in [-0.25, -0.2) is 4.98 Å². The highest BCUT2D eigenvalue weighted by Gasteiger charge is 1.98. The lowest BCUT2D eigenvalue weighted by atomic mass is 10.3. The minimum absolute atomic E-state index is 0.373. The summed E-state index contributed by atoms with van der Waals surface area (Å²) in [5.74, 6) is 0. The van der Waals surface area contributed by atoms with Crippen molar-refractivity contribution in [3.63, 3.8) is 0 Å². The van der Waals surface area contributed by atoms with E-state index >= 15 is 0 Å². The van der Waals surface area contributed by atoms with Gasteiger partial charge in [-0.3, -0.25) is 0 Å². The molecule has 2 N–H and O–H groups in total. The predicted octanol–water partition coefficient (Wildman–Crippen LogP) is 1.96. The van der Waals surface area contributed by atoms with E-state index in [1.54, 1.807) is 12.1 Å². The van der Waals surface area contributed by atoms with E-state index in [0.29, 0.717) is 11.6 Å². The van der Waals surface area contributed by atoms with Crippen molar-refractivity contribution in [3.8, 4) is 0 Å². The Bertz CT molecular complexity index is 239. The van der Waals surface area contributed by atoms with Crippen LogP contribution in [-0.4, -0.2) is 4.98 Å². The zero-order valence-corrected chi connectivity index (χ0v) is 7.48. The van der Waals surface area contributed by atoms with E-state index in [1.165, 1.54) is 0 Å². The molecule has 0 aliphatic carbocycles. The lowest BCUT2D eigenvalue weighted by Crippen LogP contribution is -2.00. The second-order valence-electron chi connectivity index (χ2n) is 1.77. The van der Waals surface area contributed by atoms with E-state index in [2.05, 4.69) is 20.9 Å². The number of rotatable bonds is 1. The summed E-state index contributed by atoms with van der Waals surface area (Å²) in [6.07, 6.45) is 0. The maximum absolute atomic E-state index is 5.73. The standard InChI is InChI=1S/C6H6BrClN2/c7-6-2-1-4(8)5(3-9)10-6/h1-2H,3,9H2. The Hall–Kier alpha value is -0.120. The molecule has 1 rings (SSSR count). The number of nitrogens with zero attached hydrogens (tertiary/aromatic N) is 1. The first-order chi connectivity index (χ1) is 4.74. The van der Waals surface area contributed by atoms with Crippen LogP contribution >= 0.6 is 27.5 Å². The summed E-state index contributed by atoms with van der Waals surface area (Å²) in [5.41, 5.74) is 6.07. The van der Waals surface area contributed by atoms with Crippen molar-refractivity contribution >= 4 is 27.5 Å². The van der Waals surface area contributed by atoms with Crippen molar-refractivity contribution in [2.75, 3.05) is 0 Å². The molecule has 0 unspecified atom stereocenters. The first-order valence-corrected chi connectivity index (χ1v) is 3.92. The Labute approximate surface area is 72.5 Å². The minimum atomic E-state index is 0.373. The Morgan fingerprint density at radius 1 is 1.60 bits per heavy atom. The maximum Gasteiger partial charge on any atom is 0.106 e. The monoisotopic (exact) mass is 220 g/mol. The molecule has 0 bridgehead atoms. The van der Waals surface area contributed by atoms with Crippen LogP contribution in [0.5, 0.6) is 0 Å². The highest BCUT2D eigenvalue weighted by atomic mass is 79.9. The van der Waals surface area contributed by atoms with Crippen LogP contribution in [0, 0.1) is 0 Å². The molecule has 4 heteroatoms. The molecule has 0 radical (unpaired) electrons. The van der Waals surface area contributed by atoms with Crippen LogP contribution in [0.4, 0.5) is 0 Å². The molecular formula is C6H6BrClN2. The number of pyridine rings is 1. The number of halogens is 2. The molecule has 1 aromatic heterocycles. The molecule has 54 valence electrons. The van der Waals surface area contributed by atoms with Crippen molar-refractivity contribution in [2.24, 2.45) is 5.73 Å². The third-order valence-corrected chi connectivity index (χ3v) is 1.86. The molecule has 0 saturated heterocycles. The zero-order chi connectivity index (χ0) is 7.56. The van der Waals surface area contributed by atoms with Gasteiger partial charge in [-0.05, 0) is 28.1 Å². The smallest absolute Gasteiger partial charge is 0.106 e. The topological polar surface area (TPSA) is 38.9 Å². The molecule has 0 aromatic carbocycles. The summed E-state index contributed by atoms with van der Waals surface area (Å²) >= 11 is 8.94. The summed E-state index contributed by atoms with van der Waals surface area (Å²) in [6.45, 7) is 0.373. The highest BCUT2D eigenvalue weighted by Crippen LogP contribution is 2.15. The van der Waals surface area contributed by atoms with Crippen molar-refractivity contribution < 1.29 is 0 Å². The number of nitrogens with two attached hydrogens (primary N) is 1. The van der Waals surface area contributed by atoms with Gasteiger partial charge in [-0.2, -0.15) is 0 Å². The Morgan fingerprint density at radius 3 is 2.80 bits per heavy atom. The molecule has 0 fully saturated rings. The lowest BCUT2D eigenvalue weighted by molar-refractivity contribution is 0.980. The Kier molecular flexibility index (Phi) is 2.65. The zero-order valence-electron chi connectivity index (χ0n) is 5.14.